The van der Waals surface area contributed by atoms with Gasteiger partial charge < -0.3 is 10.1 Å². The van der Waals surface area contributed by atoms with E-state index in [0.29, 0.717) is 19.4 Å². The van der Waals surface area contributed by atoms with Crippen molar-refractivity contribution in [1.82, 2.24) is 9.62 Å². The number of ether oxygens (including phenoxy) is 1. The fraction of sp³-hybridized carbons (Fsp3) is 0.296. The molecule has 34 heavy (non-hydrogen) atoms. The van der Waals surface area contributed by atoms with Gasteiger partial charge in [0.15, 0.2) is 0 Å². The fourth-order valence-corrected chi connectivity index (χ4v) is 5.82. The minimum Gasteiger partial charge on any atom is -0.497 e. The molecule has 0 radical (unpaired) electrons. The van der Waals surface area contributed by atoms with Gasteiger partial charge in [0.25, 0.3) is 0 Å². The summed E-state index contributed by atoms with van der Waals surface area (Å²) in [7, 11) is -2.03. The van der Waals surface area contributed by atoms with Crippen LogP contribution in [0.4, 0.5) is 0 Å². The van der Waals surface area contributed by atoms with Crippen molar-refractivity contribution in [3.8, 4) is 5.75 Å². The van der Waals surface area contributed by atoms with Gasteiger partial charge >= 0.3 is 0 Å². The Bertz CT molecular complexity index is 1210. The average Bonchev–Trinajstić information content (AvgIpc) is 2.88. The Morgan fingerprint density at radius 3 is 2.26 bits per heavy atom. The predicted octanol–water partition coefficient (Wildman–Crippen LogP) is 4.31. The second kappa shape index (κ2) is 10.4. The highest BCUT2D eigenvalue weighted by Gasteiger charge is 2.34. The molecule has 0 saturated carbocycles. The highest BCUT2D eigenvalue weighted by atomic mass is 32.2. The minimum absolute atomic E-state index is 0.145. The zero-order valence-corrected chi connectivity index (χ0v) is 20.3. The van der Waals surface area contributed by atoms with Crippen molar-refractivity contribution in [2.24, 2.45) is 5.92 Å². The number of nitrogens with one attached hydrogen (secondary N) is 1. The van der Waals surface area contributed by atoms with E-state index in [0.717, 1.165) is 22.4 Å². The van der Waals surface area contributed by atoms with Crippen LogP contribution in [0.2, 0.25) is 0 Å². The lowest BCUT2D eigenvalue weighted by Gasteiger charge is -2.32. The lowest BCUT2D eigenvalue weighted by molar-refractivity contribution is -0.126. The Morgan fingerprint density at radius 1 is 0.971 bits per heavy atom. The standard InChI is InChI=1S/C27H30N2O4S/c1-20-10-16-25(17-11-20)34(31,32)29-18-6-9-23(19-29)27(30)28-26(21-7-4-3-5-8-21)22-12-14-24(33-2)15-13-22/h3-5,7-8,10-17,23,26H,6,9,18-19H2,1-2H3,(H,28,30)/t23-,26-/m1/s1. The molecule has 7 heteroatoms. The van der Waals surface area contributed by atoms with Gasteiger partial charge in [-0.1, -0.05) is 60.2 Å². The molecule has 1 saturated heterocycles. The van der Waals surface area contributed by atoms with E-state index >= 15 is 0 Å². The summed E-state index contributed by atoms with van der Waals surface area (Å²) < 4.78 is 33.1. The molecule has 1 heterocycles. The van der Waals surface area contributed by atoms with Crippen molar-refractivity contribution in [2.75, 3.05) is 20.2 Å². The number of benzene rings is 3. The van der Waals surface area contributed by atoms with E-state index in [1.54, 1.807) is 31.4 Å². The van der Waals surface area contributed by atoms with Crippen molar-refractivity contribution < 1.29 is 17.9 Å². The highest BCUT2D eigenvalue weighted by molar-refractivity contribution is 7.89. The predicted molar refractivity (Wildman–Crippen MR) is 132 cm³/mol. The Hall–Kier alpha value is -3.16. The minimum atomic E-state index is -3.65. The van der Waals surface area contributed by atoms with Crippen molar-refractivity contribution in [2.45, 2.75) is 30.7 Å². The van der Waals surface area contributed by atoms with Crippen molar-refractivity contribution in [1.29, 1.82) is 0 Å². The van der Waals surface area contributed by atoms with Gasteiger partial charge in [0.2, 0.25) is 15.9 Å². The maximum absolute atomic E-state index is 13.4. The van der Waals surface area contributed by atoms with E-state index in [1.165, 1.54) is 4.31 Å². The second-order valence-electron chi connectivity index (χ2n) is 8.64. The van der Waals surface area contributed by atoms with Crippen LogP contribution in [0.15, 0.2) is 83.8 Å². The van der Waals surface area contributed by atoms with Crippen LogP contribution in [0, 0.1) is 12.8 Å². The molecule has 178 valence electrons. The van der Waals surface area contributed by atoms with Gasteiger partial charge in [0.05, 0.1) is 24.0 Å². The quantitative estimate of drug-likeness (QED) is 0.549. The van der Waals surface area contributed by atoms with Crippen LogP contribution in [0.1, 0.15) is 35.6 Å². The van der Waals surface area contributed by atoms with Gasteiger partial charge in [0, 0.05) is 13.1 Å². The molecule has 6 nitrogen and oxygen atoms in total. The van der Waals surface area contributed by atoms with Crippen LogP contribution in [-0.2, 0) is 14.8 Å². The van der Waals surface area contributed by atoms with E-state index in [1.807, 2.05) is 61.5 Å². The number of methoxy groups -OCH3 is 1. The Morgan fingerprint density at radius 2 is 1.62 bits per heavy atom. The van der Waals surface area contributed by atoms with Gasteiger partial charge in [-0.25, -0.2) is 8.42 Å². The van der Waals surface area contributed by atoms with Gasteiger partial charge in [-0.2, -0.15) is 4.31 Å². The molecular weight excluding hydrogens is 448 g/mol. The Labute approximate surface area is 201 Å². The normalized spacial score (nSPS) is 17.6. The first-order valence-corrected chi connectivity index (χ1v) is 12.9. The fourth-order valence-electron chi connectivity index (χ4n) is 4.30. The molecule has 0 aliphatic carbocycles. The molecule has 4 rings (SSSR count). The molecule has 0 spiro atoms. The molecule has 0 unspecified atom stereocenters. The summed E-state index contributed by atoms with van der Waals surface area (Å²) in [5, 5.41) is 3.17. The number of hydrogen-bond acceptors (Lipinski definition) is 4. The van der Waals surface area contributed by atoms with Crippen LogP contribution in [0.25, 0.3) is 0 Å². The summed E-state index contributed by atoms with van der Waals surface area (Å²) in [6.45, 7) is 2.51. The van der Waals surface area contributed by atoms with E-state index < -0.39 is 15.9 Å². The zero-order valence-electron chi connectivity index (χ0n) is 19.5. The van der Waals surface area contributed by atoms with Gasteiger partial charge in [-0.15, -0.1) is 0 Å². The first kappa shape index (κ1) is 24.0. The molecule has 0 bridgehead atoms. The molecular formula is C27H30N2O4S. The molecule has 3 aromatic carbocycles. The molecule has 0 aromatic heterocycles. The van der Waals surface area contributed by atoms with E-state index in [-0.39, 0.29) is 23.4 Å². The third kappa shape index (κ3) is 5.32. The van der Waals surface area contributed by atoms with Crippen molar-refractivity contribution in [3.63, 3.8) is 0 Å². The van der Waals surface area contributed by atoms with Crippen LogP contribution in [0.5, 0.6) is 5.75 Å². The van der Waals surface area contributed by atoms with Crippen LogP contribution in [0.3, 0.4) is 0 Å². The van der Waals surface area contributed by atoms with Gasteiger partial charge in [-0.3, -0.25) is 4.79 Å². The third-order valence-electron chi connectivity index (χ3n) is 6.28. The first-order valence-electron chi connectivity index (χ1n) is 11.4. The molecule has 1 aliphatic rings. The number of carbonyl (C=O) groups is 1. The van der Waals surface area contributed by atoms with Gasteiger partial charge in [0.1, 0.15) is 5.75 Å². The largest absolute Gasteiger partial charge is 0.497 e. The summed E-state index contributed by atoms with van der Waals surface area (Å²) in [4.78, 5) is 13.6. The Balaban J connectivity index is 1.53. The van der Waals surface area contributed by atoms with Crippen LogP contribution >= 0.6 is 0 Å². The topological polar surface area (TPSA) is 75.7 Å². The van der Waals surface area contributed by atoms with Crippen LogP contribution < -0.4 is 10.1 Å². The number of amides is 1. The number of piperidine rings is 1. The molecule has 2 atom stereocenters. The smallest absolute Gasteiger partial charge is 0.243 e. The maximum Gasteiger partial charge on any atom is 0.243 e. The number of rotatable bonds is 7. The number of carbonyl (C=O) groups excluding carboxylic acids is 1. The first-order chi connectivity index (χ1) is 16.4. The summed E-state index contributed by atoms with van der Waals surface area (Å²) >= 11 is 0. The monoisotopic (exact) mass is 478 g/mol. The second-order valence-corrected chi connectivity index (χ2v) is 10.6. The number of aryl methyl sites for hydroxylation is 1. The summed E-state index contributed by atoms with van der Waals surface area (Å²) in [5.74, 6) is 0.179. The van der Waals surface area contributed by atoms with Crippen molar-refractivity contribution >= 4 is 15.9 Å². The van der Waals surface area contributed by atoms with E-state index in [9.17, 15) is 13.2 Å². The maximum atomic E-state index is 13.4. The number of sulfonamides is 1. The lowest BCUT2D eigenvalue weighted by atomic mass is 9.95. The summed E-state index contributed by atoms with van der Waals surface area (Å²) in [6, 6.07) is 23.9. The lowest BCUT2D eigenvalue weighted by Crippen LogP contribution is -2.46. The Kier molecular flexibility index (Phi) is 7.34. The zero-order chi connectivity index (χ0) is 24.1. The molecule has 1 N–H and O–H groups in total. The molecule has 1 amide bonds. The number of hydrogen-bond donors (Lipinski definition) is 1. The molecule has 3 aromatic rings. The van der Waals surface area contributed by atoms with E-state index in [4.69, 9.17) is 4.74 Å². The highest BCUT2D eigenvalue weighted by Crippen LogP contribution is 2.28. The molecule has 1 aliphatic heterocycles. The molecule has 1 fully saturated rings. The number of nitrogens with zero attached hydrogens (tertiary/aromatic N) is 1. The van der Waals surface area contributed by atoms with Crippen LogP contribution in [-0.4, -0.2) is 38.8 Å². The third-order valence-corrected chi connectivity index (χ3v) is 8.16. The SMILES string of the molecule is COc1ccc([C@H](NC(=O)[C@@H]2CCCN(S(=O)(=O)c3ccc(C)cc3)C2)c2ccccc2)cc1. The summed E-state index contributed by atoms with van der Waals surface area (Å²) in [5.41, 5.74) is 2.89. The summed E-state index contributed by atoms with van der Waals surface area (Å²) in [6.07, 6.45) is 1.29. The van der Waals surface area contributed by atoms with Crippen molar-refractivity contribution in [3.05, 3.63) is 95.6 Å². The van der Waals surface area contributed by atoms with E-state index in [2.05, 4.69) is 5.32 Å². The van der Waals surface area contributed by atoms with Gasteiger partial charge in [-0.05, 0) is 55.2 Å². The average molecular weight is 479 g/mol.